The number of hydrogen-bond donors (Lipinski definition) is 2. The second-order valence-electron chi connectivity index (χ2n) is 7.24. The molecule has 3 aromatic rings. The lowest BCUT2D eigenvalue weighted by Gasteiger charge is -2.25. The summed E-state index contributed by atoms with van der Waals surface area (Å²) in [6, 6.07) is 11.5. The number of aliphatic hydroxyl groups is 1. The highest BCUT2D eigenvalue weighted by Crippen LogP contribution is 2.42. The zero-order chi connectivity index (χ0) is 23.7. The predicted octanol–water partition coefficient (Wildman–Crippen LogP) is 3.52. The molecule has 10 heteroatoms. The SMILES string of the molecule is COc1ccc(C2/C(=C(/O)c3ccc([N+](=O)[O-])cc3)C(=O)C(=O)N2Cc2ccco2)cc1O. The Morgan fingerprint density at radius 1 is 1.18 bits per heavy atom. The first-order valence-corrected chi connectivity index (χ1v) is 9.74. The number of amides is 1. The maximum atomic E-state index is 13.0. The predicted molar refractivity (Wildman–Crippen MR) is 114 cm³/mol. The summed E-state index contributed by atoms with van der Waals surface area (Å²) < 4.78 is 10.4. The summed E-state index contributed by atoms with van der Waals surface area (Å²) in [5, 5.41) is 32.2. The van der Waals surface area contributed by atoms with Gasteiger partial charge < -0.3 is 24.3 Å². The molecule has 4 rings (SSSR count). The van der Waals surface area contributed by atoms with Gasteiger partial charge in [-0.3, -0.25) is 19.7 Å². The Morgan fingerprint density at radius 3 is 2.48 bits per heavy atom. The van der Waals surface area contributed by atoms with E-state index in [2.05, 4.69) is 0 Å². The summed E-state index contributed by atoms with van der Waals surface area (Å²) in [5.41, 5.74) is 0.0632. The number of hydrogen-bond acceptors (Lipinski definition) is 8. The van der Waals surface area contributed by atoms with E-state index in [1.165, 1.54) is 54.7 Å². The minimum atomic E-state index is -1.05. The van der Waals surface area contributed by atoms with Gasteiger partial charge >= 0.3 is 0 Å². The molecule has 2 heterocycles. The van der Waals surface area contributed by atoms with Crippen molar-refractivity contribution in [1.29, 1.82) is 0 Å². The number of phenolic OH excluding ortho intramolecular Hbond substituents is 1. The van der Waals surface area contributed by atoms with Crippen molar-refractivity contribution in [3.8, 4) is 11.5 Å². The zero-order valence-corrected chi connectivity index (χ0v) is 17.3. The van der Waals surface area contributed by atoms with E-state index in [0.717, 1.165) is 0 Å². The topological polar surface area (TPSA) is 143 Å². The molecule has 1 aliphatic rings. The number of carbonyl (C=O) groups is 2. The maximum absolute atomic E-state index is 13.0. The third kappa shape index (κ3) is 3.89. The molecule has 0 bridgehead atoms. The highest BCUT2D eigenvalue weighted by atomic mass is 16.6. The molecule has 1 atom stereocenters. The van der Waals surface area contributed by atoms with Crippen LogP contribution in [0.4, 0.5) is 5.69 Å². The number of phenols is 1. The van der Waals surface area contributed by atoms with Gasteiger partial charge in [0.05, 0.1) is 36.5 Å². The Kier molecular flexibility index (Phi) is 5.57. The molecular weight excluding hydrogens is 432 g/mol. The summed E-state index contributed by atoms with van der Waals surface area (Å²) >= 11 is 0. The molecule has 1 aliphatic heterocycles. The summed E-state index contributed by atoms with van der Waals surface area (Å²) in [6.45, 7) is -0.0634. The van der Waals surface area contributed by atoms with Gasteiger partial charge in [-0.15, -0.1) is 0 Å². The fraction of sp³-hybridized carbons (Fsp3) is 0.130. The molecule has 2 N–H and O–H groups in total. The number of methoxy groups -OCH3 is 1. The molecular formula is C23H18N2O8. The number of ketones is 1. The molecule has 1 saturated heterocycles. The van der Waals surface area contributed by atoms with Crippen LogP contribution in [0.15, 0.2) is 70.9 Å². The molecule has 1 fully saturated rings. The number of Topliss-reactive ketones (excluding diaryl/α,β-unsaturated/α-hetero) is 1. The third-order valence-corrected chi connectivity index (χ3v) is 5.32. The monoisotopic (exact) mass is 450 g/mol. The van der Waals surface area contributed by atoms with Crippen LogP contribution in [0.2, 0.25) is 0 Å². The Labute approximate surface area is 187 Å². The van der Waals surface area contributed by atoms with E-state index < -0.39 is 28.4 Å². The Hall–Kier alpha value is -4.60. The largest absolute Gasteiger partial charge is 0.507 e. The van der Waals surface area contributed by atoms with E-state index in [4.69, 9.17) is 9.15 Å². The summed E-state index contributed by atoms with van der Waals surface area (Å²) in [6.07, 6.45) is 1.43. The van der Waals surface area contributed by atoms with Crippen LogP contribution in [0.25, 0.3) is 5.76 Å². The lowest BCUT2D eigenvalue weighted by Crippen LogP contribution is -2.29. The summed E-state index contributed by atoms with van der Waals surface area (Å²) in [5.74, 6) is -1.90. The van der Waals surface area contributed by atoms with Gasteiger partial charge in [-0.2, -0.15) is 0 Å². The number of aliphatic hydroxyl groups excluding tert-OH is 1. The van der Waals surface area contributed by atoms with Crippen LogP contribution in [0.3, 0.4) is 0 Å². The Bertz CT molecular complexity index is 1260. The molecule has 0 aliphatic carbocycles. The average Bonchev–Trinajstić information content (AvgIpc) is 3.41. The van der Waals surface area contributed by atoms with Gasteiger partial charge in [0, 0.05) is 17.7 Å². The van der Waals surface area contributed by atoms with Crippen molar-refractivity contribution in [3.63, 3.8) is 0 Å². The Morgan fingerprint density at radius 2 is 1.91 bits per heavy atom. The zero-order valence-electron chi connectivity index (χ0n) is 17.3. The van der Waals surface area contributed by atoms with Gasteiger partial charge in [-0.05, 0) is 42.0 Å². The molecule has 0 spiro atoms. The smallest absolute Gasteiger partial charge is 0.296 e. The van der Waals surface area contributed by atoms with E-state index in [-0.39, 0.29) is 34.9 Å². The second-order valence-corrected chi connectivity index (χ2v) is 7.24. The van der Waals surface area contributed by atoms with E-state index in [1.807, 2.05) is 0 Å². The molecule has 1 unspecified atom stereocenters. The van der Waals surface area contributed by atoms with Gasteiger partial charge in [-0.25, -0.2) is 0 Å². The van der Waals surface area contributed by atoms with Crippen LogP contribution in [-0.2, 0) is 16.1 Å². The van der Waals surface area contributed by atoms with Crippen molar-refractivity contribution < 1.29 is 33.9 Å². The van der Waals surface area contributed by atoms with E-state index in [0.29, 0.717) is 11.3 Å². The Balaban J connectivity index is 1.86. The van der Waals surface area contributed by atoms with Crippen molar-refractivity contribution in [2.75, 3.05) is 7.11 Å². The number of nitro groups is 1. The number of carbonyl (C=O) groups excluding carboxylic acids is 2. The van der Waals surface area contributed by atoms with Gasteiger partial charge in [-0.1, -0.05) is 6.07 Å². The van der Waals surface area contributed by atoms with E-state index >= 15 is 0 Å². The molecule has 0 radical (unpaired) electrons. The van der Waals surface area contributed by atoms with Gasteiger partial charge in [0.15, 0.2) is 11.5 Å². The van der Waals surface area contributed by atoms with E-state index in [1.54, 1.807) is 18.2 Å². The number of non-ortho nitro benzene ring substituents is 1. The first kappa shape index (κ1) is 21.6. The number of benzene rings is 2. The maximum Gasteiger partial charge on any atom is 0.296 e. The first-order chi connectivity index (χ1) is 15.8. The van der Waals surface area contributed by atoms with Gasteiger partial charge in [0.25, 0.3) is 17.4 Å². The van der Waals surface area contributed by atoms with Crippen molar-refractivity contribution in [1.82, 2.24) is 4.90 Å². The molecule has 10 nitrogen and oxygen atoms in total. The number of nitro benzene ring substituents is 1. The average molecular weight is 450 g/mol. The first-order valence-electron chi connectivity index (χ1n) is 9.74. The van der Waals surface area contributed by atoms with Gasteiger partial charge in [0.1, 0.15) is 11.5 Å². The highest BCUT2D eigenvalue weighted by molar-refractivity contribution is 6.46. The lowest BCUT2D eigenvalue weighted by atomic mass is 9.95. The minimum absolute atomic E-state index is 0.0634. The van der Waals surface area contributed by atoms with Gasteiger partial charge in [0.2, 0.25) is 0 Å². The molecule has 1 amide bonds. The lowest BCUT2D eigenvalue weighted by molar-refractivity contribution is -0.384. The van der Waals surface area contributed by atoms with Crippen LogP contribution in [0, 0.1) is 10.1 Å². The minimum Gasteiger partial charge on any atom is -0.507 e. The number of nitrogens with zero attached hydrogens (tertiary/aromatic N) is 2. The van der Waals surface area contributed by atoms with Crippen LogP contribution in [0.1, 0.15) is 22.9 Å². The number of furan rings is 1. The third-order valence-electron chi connectivity index (χ3n) is 5.32. The fourth-order valence-electron chi connectivity index (χ4n) is 3.73. The van der Waals surface area contributed by atoms with Crippen LogP contribution in [-0.4, -0.2) is 38.8 Å². The molecule has 0 saturated carbocycles. The number of ether oxygens (including phenoxy) is 1. The molecule has 33 heavy (non-hydrogen) atoms. The summed E-state index contributed by atoms with van der Waals surface area (Å²) in [4.78, 5) is 37.5. The van der Waals surface area contributed by atoms with Crippen LogP contribution < -0.4 is 4.74 Å². The molecule has 1 aromatic heterocycles. The van der Waals surface area contributed by atoms with E-state index in [9.17, 15) is 29.9 Å². The normalized spacial score (nSPS) is 17.4. The van der Waals surface area contributed by atoms with Crippen molar-refractivity contribution in [2.24, 2.45) is 0 Å². The number of likely N-dealkylation sites (tertiary alicyclic amines) is 1. The summed E-state index contributed by atoms with van der Waals surface area (Å²) in [7, 11) is 1.38. The second kappa shape index (κ2) is 8.50. The van der Waals surface area contributed by atoms with Crippen molar-refractivity contribution in [3.05, 3.63) is 93.4 Å². The number of aromatic hydroxyl groups is 1. The molecule has 2 aromatic carbocycles. The fourth-order valence-corrected chi connectivity index (χ4v) is 3.73. The van der Waals surface area contributed by atoms with Crippen molar-refractivity contribution >= 4 is 23.1 Å². The van der Waals surface area contributed by atoms with Crippen molar-refractivity contribution in [2.45, 2.75) is 12.6 Å². The van der Waals surface area contributed by atoms with Crippen LogP contribution >= 0.6 is 0 Å². The quantitative estimate of drug-likeness (QED) is 0.191. The molecule has 168 valence electrons. The number of rotatable bonds is 6. The highest BCUT2D eigenvalue weighted by Gasteiger charge is 2.46. The van der Waals surface area contributed by atoms with Crippen LogP contribution in [0.5, 0.6) is 11.5 Å². The standard InChI is InChI=1S/C23H18N2O8/c1-32-18-9-6-14(11-17(18)26)20-19(21(27)13-4-7-15(8-5-13)25(30)31)22(28)23(29)24(20)12-16-3-2-10-33-16/h2-11,20,26-27H,12H2,1H3/b21-19-.